The first-order valence-electron chi connectivity index (χ1n) is 8.36. The molecule has 0 aromatic carbocycles. The fourth-order valence-corrected chi connectivity index (χ4v) is 2.07. The van der Waals surface area contributed by atoms with Crippen molar-refractivity contribution in [3.05, 3.63) is 24.3 Å². The van der Waals surface area contributed by atoms with Crippen molar-refractivity contribution < 1.29 is 19.8 Å². The maximum absolute atomic E-state index is 10.3. The molecule has 0 rings (SSSR count). The third kappa shape index (κ3) is 18.4. The van der Waals surface area contributed by atoms with Crippen LogP contribution in [0.2, 0.25) is 0 Å². The summed E-state index contributed by atoms with van der Waals surface area (Å²) in [4.78, 5) is 20.6. The minimum absolute atomic E-state index is 0.274. The van der Waals surface area contributed by atoms with E-state index in [9.17, 15) is 9.59 Å². The summed E-state index contributed by atoms with van der Waals surface area (Å²) in [6, 6.07) is 0. The van der Waals surface area contributed by atoms with Gasteiger partial charge >= 0.3 is 11.9 Å². The summed E-state index contributed by atoms with van der Waals surface area (Å²) in [6.45, 7) is 0. The predicted octanol–water partition coefficient (Wildman–Crippen LogP) is 4.95. The van der Waals surface area contributed by atoms with Gasteiger partial charge < -0.3 is 10.2 Å². The minimum Gasteiger partial charge on any atom is -0.481 e. The van der Waals surface area contributed by atoms with Gasteiger partial charge in [0.05, 0.1) is 0 Å². The Hall–Kier alpha value is -1.58. The van der Waals surface area contributed by atoms with Gasteiger partial charge in [-0.2, -0.15) is 0 Å². The number of hydrogen-bond acceptors (Lipinski definition) is 2. The van der Waals surface area contributed by atoms with Crippen molar-refractivity contribution in [1.29, 1.82) is 0 Å². The number of hydrogen-bond donors (Lipinski definition) is 2. The molecule has 0 aromatic rings. The van der Waals surface area contributed by atoms with Crippen LogP contribution in [0.4, 0.5) is 0 Å². The minimum atomic E-state index is -0.709. The molecule has 0 atom stereocenters. The second-order valence-corrected chi connectivity index (χ2v) is 5.51. The summed E-state index contributed by atoms with van der Waals surface area (Å²) >= 11 is 0. The summed E-state index contributed by atoms with van der Waals surface area (Å²) in [6.07, 6.45) is 19.1. The first-order valence-corrected chi connectivity index (χ1v) is 8.36. The zero-order valence-electron chi connectivity index (χ0n) is 13.5. The highest BCUT2D eigenvalue weighted by molar-refractivity contribution is 5.66. The highest BCUT2D eigenvalue weighted by Crippen LogP contribution is 2.06. The van der Waals surface area contributed by atoms with E-state index in [0.717, 1.165) is 51.4 Å². The van der Waals surface area contributed by atoms with Crippen molar-refractivity contribution in [3.8, 4) is 0 Å². The van der Waals surface area contributed by atoms with Crippen LogP contribution in [0.15, 0.2) is 24.3 Å². The lowest BCUT2D eigenvalue weighted by atomic mass is 10.1. The van der Waals surface area contributed by atoms with Crippen molar-refractivity contribution in [2.24, 2.45) is 0 Å². The van der Waals surface area contributed by atoms with E-state index in [1.54, 1.807) is 0 Å². The van der Waals surface area contributed by atoms with Gasteiger partial charge in [0, 0.05) is 12.8 Å². The number of allylic oxidation sites excluding steroid dienone is 4. The SMILES string of the molecule is O=C(O)CCCCC=CCCCCC=CCCCCC(=O)O. The predicted molar refractivity (Wildman–Crippen MR) is 89.0 cm³/mol. The molecule has 2 N–H and O–H groups in total. The Balaban J connectivity index is 3.22. The number of unbranched alkanes of at least 4 members (excludes halogenated alkanes) is 7. The molecule has 126 valence electrons. The summed E-state index contributed by atoms with van der Waals surface area (Å²) in [7, 11) is 0. The molecular weight excluding hydrogens is 280 g/mol. The van der Waals surface area contributed by atoms with Crippen molar-refractivity contribution in [3.63, 3.8) is 0 Å². The Morgan fingerprint density at radius 1 is 0.545 bits per heavy atom. The molecule has 4 heteroatoms. The van der Waals surface area contributed by atoms with Crippen LogP contribution >= 0.6 is 0 Å². The highest BCUT2D eigenvalue weighted by Gasteiger charge is 1.95. The molecular formula is C18H30O4. The Kier molecular flexibility index (Phi) is 14.7. The molecule has 22 heavy (non-hydrogen) atoms. The standard InChI is InChI=1S/C18H30O4/c19-17(20)15-13-11-9-7-5-3-1-2-4-6-8-10-12-14-16-18(21)22/h5-8H,1-4,9-16H2,(H,19,20)(H,21,22). The summed E-state index contributed by atoms with van der Waals surface area (Å²) in [5.41, 5.74) is 0. The number of carboxylic acids is 2. The normalized spacial score (nSPS) is 11.5. The lowest BCUT2D eigenvalue weighted by Crippen LogP contribution is -1.92. The van der Waals surface area contributed by atoms with Gasteiger partial charge in [-0.15, -0.1) is 0 Å². The van der Waals surface area contributed by atoms with Gasteiger partial charge in [-0.3, -0.25) is 9.59 Å². The van der Waals surface area contributed by atoms with Gasteiger partial charge in [0.25, 0.3) is 0 Å². The molecule has 0 fully saturated rings. The molecule has 0 aliphatic carbocycles. The molecule has 0 aromatic heterocycles. The van der Waals surface area contributed by atoms with E-state index in [0.29, 0.717) is 0 Å². The van der Waals surface area contributed by atoms with Crippen LogP contribution in [-0.4, -0.2) is 22.2 Å². The summed E-state index contributed by atoms with van der Waals surface area (Å²) in [5.74, 6) is -1.42. The maximum Gasteiger partial charge on any atom is 0.303 e. The van der Waals surface area contributed by atoms with Crippen molar-refractivity contribution in [1.82, 2.24) is 0 Å². The average molecular weight is 310 g/mol. The van der Waals surface area contributed by atoms with Crippen molar-refractivity contribution in [2.45, 2.75) is 77.0 Å². The fraction of sp³-hybridized carbons (Fsp3) is 0.667. The molecule has 0 saturated carbocycles. The van der Waals surface area contributed by atoms with Gasteiger partial charge in [0.2, 0.25) is 0 Å². The lowest BCUT2D eigenvalue weighted by Gasteiger charge is -1.96. The number of carboxylic acid groups (broad SMARTS) is 2. The smallest absolute Gasteiger partial charge is 0.303 e. The van der Waals surface area contributed by atoms with E-state index < -0.39 is 11.9 Å². The third-order valence-corrected chi connectivity index (χ3v) is 3.35. The fourth-order valence-electron chi connectivity index (χ4n) is 2.07. The maximum atomic E-state index is 10.3. The molecule has 0 radical (unpaired) electrons. The third-order valence-electron chi connectivity index (χ3n) is 3.35. The van der Waals surface area contributed by atoms with E-state index in [2.05, 4.69) is 24.3 Å². The highest BCUT2D eigenvalue weighted by atomic mass is 16.4. The average Bonchev–Trinajstić information content (AvgIpc) is 2.46. The van der Waals surface area contributed by atoms with E-state index in [-0.39, 0.29) is 12.8 Å². The summed E-state index contributed by atoms with van der Waals surface area (Å²) in [5, 5.41) is 17.0. The molecule has 0 unspecified atom stereocenters. The van der Waals surface area contributed by atoms with Gasteiger partial charge in [-0.25, -0.2) is 0 Å². The van der Waals surface area contributed by atoms with Gasteiger partial charge in [-0.05, 0) is 64.2 Å². The van der Waals surface area contributed by atoms with Crippen LogP contribution in [0, 0.1) is 0 Å². The quantitative estimate of drug-likeness (QED) is 0.331. The van der Waals surface area contributed by atoms with Crippen molar-refractivity contribution >= 4 is 11.9 Å². The monoisotopic (exact) mass is 310 g/mol. The van der Waals surface area contributed by atoms with E-state index in [1.807, 2.05) is 0 Å². The molecule has 0 amide bonds. The molecule has 0 heterocycles. The second kappa shape index (κ2) is 15.8. The molecule has 0 bridgehead atoms. The Bertz CT molecular complexity index is 311. The molecule has 0 aliphatic heterocycles. The Morgan fingerprint density at radius 3 is 1.09 bits per heavy atom. The van der Waals surface area contributed by atoms with Gasteiger partial charge in [0.1, 0.15) is 0 Å². The largest absolute Gasteiger partial charge is 0.481 e. The molecule has 0 spiro atoms. The summed E-state index contributed by atoms with van der Waals surface area (Å²) < 4.78 is 0. The van der Waals surface area contributed by atoms with Crippen LogP contribution in [0.1, 0.15) is 77.0 Å². The lowest BCUT2D eigenvalue weighted by molar-refractivity contribution is -0.138. The first kappa shape index (κ1) is 20.4. The van der Waals surface area contributed by atoms with E-state index in [4.69, 9.17) is 10.2 Å². The number of aliphatic carboxylic acids is 2. The number of rotatable bonds is 15. The van der Waals surface area contributed by atoms with Crippen molar-refractivity contribution in [2.75, 3.05) is 0 Å². The molecule has 4 nitrogen and oxygen atoms in total. The van der Waals surface area contributed by atoms with Crippen LogP contribution in [0.25, 0.3) is 0 Å². The van der Waals surface area contributed by atoms with E-state index in [1.165, 1.54) is 12.8 Å². The first-order chi connectivity index (χ1) is 10.6. The molecule has 0 saturated heterocycles. The van der Waals surface area contributed by atoms with Crippen LogP contribution in [0.3, 0.4) is 0 Å². The van der Waals surface area contributed by atoms with Gasteiger partial charge in [0.15, 0.2) is 0 Å². The second-order valence-electron chi connectivity index (χ2n) is 5.51. The Labute approximate surface area is 133 Å². The zero-order valence-corrected chi connectivity index (χ0v) is 13.5. The molecule has 0 aliphatic rings. The number of carbonyl (C=O) groups is 2. The van der Waals surface area contributed by atoms with Crippen LogP contribution in [0.5, 0.6) is 0 Å². The van der Waals surface area contributed by atoms with E-state index >= 15 is 0 Å². The van der Waals surface area contributed by atoms with Gasteiger partial charge in [-0.1, -0.05) is 24.3 Å². The van der Waals surface area contributed by atoms with Crippen LogP contribution in [-0.2, 0) is 9.59 Å². The Morgan fingerprint density at radius 2 is 0.818 bits per heavy atom. The topological polar surface area (TPSA) is 74.6 Å². The van der Waals surface area contributed by atoms with Crippen LogP contribution < -0.4 is 0 Å². The zero-order chi connectivity index (χ0) is 16.5.